The van der Waals surface area contributed by atoms with Crippen LogP contribution in [0.3, 0.4) is 0 Å². The van der Waals surface area contributed by atoms with E-state index in [1.165, 1.54) is 18.7 Å². The van der Waals surface area contributed by atoms with E-state index < -0.39 is 11.5 Å². The predicted molar refractivity (Wildman–Crippen MR) is 157 cm³/mol. The van der Waals surface area contributed by atoms with E-state index in [0.717, 1.165) is 22.0 Å². The Bertz CT molecular complexity index is 1770. The fraction of sp³-hybridized carbons (Fsp3) is 0.233. The molecule has 0 saturated heterocycles. The van der Waals surface area contributed by atoms with Gasteiger partial charge in [-0.05, 0) is 76.3 Å². The Morgan fingerprint density at radius 3 is 2.66 bits per heavy atom. The van der Waals surface area contributed by atoms with Crippen LogP contribution >= 0.6 is 0 Å². The molecule has 0 bridgehead atoms. The summed E-state index contributed by atoms with van der Waals surface area (Å²) in [6.07, 6.45) is 7.88. The maximum atomic E-state index is 11.4. The minimum absolute atomic E-state index is 0.192. The second-order valence-corrected chi connectivity index (χ2v) is 10.5. The van der Waals surface area contributed by atoms with E-state index in [1.54, 1.807) is 42.8 Å². The quantitative estimate of drug-likeness (QED) is 0.227. The van der Waals surface area contributed by atoms with Gasteiger partial charge >= 0.3 is 0 Å². The average molecular weight is 553 g/mol. The number of aryl methyl sites for hydroxylation is 1. The summed E-state index contributed by atoms with van der Waals surface area (Å²) < 4.78 is 7.87. The highest BCUT2D eigenvalue weighted by Crippen LogP contribution is 2.38. The Morgan fingerprint density at radius 1 is 1.12 bits per heavy atom. The van der Waals surface area contributed by atoms with Crippen molar-refractivity contribution in [2.75, 3.05) is 19.4 Å². The average Bonchev–Trinajstić information content (AvgIpc) is 3.37. The van der Waals surface area contributed by atoms with Gasteiger partial charge in [-0.25, -0.2) is 19.5 Å². The summed E-state index contributed by atoms with van der Waals surface area (Å²) in [4.78, 5) is 26.5. The van der Waals surface area contributed by atoms with E-state index in [2.05, 4.69) is 25.4 Å². The van der Waals surface area contributed by atoms with Crippen molar-refractivity contribution in [1.82, 2.24) is 29.5 Å². The zero-order valence-corrected chi connectivity index (χ0v) is 23.5. The Labute approximate surface area is 237 Å². The lowest BCUT2D eigenvalue weighted by molar-refractivity contribution is -0.113. The lowest BCUT2D eigenvalue weighted by atomic mass is 9.94. The second kappa shape index (κ2) is 11.0. The zero-order chi connectivity index (χ0) is 29.3. The van der Waals surface area contributed by atoms with Crippen molar-refractivity contribution in [1.29, 1.82) is 0 Å². The molecule has 11 heteroatoms. The number of benzene rings is 2. The highest BCUT2D eigenvalue weighted by molar-refractivity contribution is 5.92. The molecule has 1 unspecified atom stereocenters. The summed E-state index contributed by atoms with van der Waals surface area (Å²) in [5.74, 6) is 1.26. The number of hydrogen-bond donors (Lipinski definition) is 3. The molecule has 41 heavy (non-hydrogen) atoms. The number of hydrogen-bond acceptors (Lipinski definition) is 9. The Balaban J connectivity index is 1.54. The van der Waals surface area contributed by atoms with Gasteiger partial charge < -0.3 is 20.9 Å². The van der Waals surface area contributed by atoms with E-state index in [9.17, 15) is 9.90 Å². The maximum absolute atomic E-state index is 11.4. The lowest BCUT2D eigenvalue weighted by Gasteiger charge is -2.25. The van der Waals surface area contributed by atoms with Crippen molar-refractivity contribution < 1.29 is 14.6 Å². The summed E-state index contributed by atoms with van der Waals surface area (Å²) in [5, 5.41) is 19.5. The van der Waals surface area contributed by atoms with Crippen molar-refractivity contribution in [2.45, 2.75) is 32.4 Å². The second-order valence-electron chi connectivity index (χ2n) is 10.5. The lowest BCUT2D eigenvalue weighted by Crippen LogP contribution is -2.19. The molecule has 0 aliphatic carbocycles. The Kier molecular flexibility index (Phi) is 7.40. The molecule has 5 aromatic rings. The highest BCUT2D eigenvalue weighted by Gasteiger charge is 2.24. The van der Waals surface area contributed by atoms with Crippen LogP contribution in [0.15, 0.2) is 73.5 Å². The zero-order valence-electron chi connectivity index (χ0n) is 23.5. The summed E-state index contributed by atoms with van der Waals surface area (Å²) in [7, 11) is 3.85. The minimum atomic E-state index is -1.20. The van der Waals surface area contributed by atoms with Crippen molar-refractivity contribution in [2.24, 2.45) is 5.73 Å². The van der Waals surface area contributed by atoms with Crippen molar-refractivity contribution in [3.05, 3.63) is 90.2 Å². The molecule has 4 N–H and O–H groups in total. The third-order valence-electron chi connectivity index (χ3n) is 6.71. The highest BCUT2D eigenvalue weighted by atomic mass is 16.5. The number of ether oxygens (including phenoxy) is 1. The van der Waals surface area contributed by atoms with Gasteiger partial charge in [0.25, 0.3) is 0 Å². The van der Waals surface area contributed by atoms with E-state index >= 15 is 0 Å². The van der Waals surface area contributed by atoms with E-state index in [4.69, 9.17) is 10.5 Å². The number of aromatic nitrogens is 5. The molecule has 210 valence electrons. The third-order valence-corrected chi connectivity index (χ3v) is 6.71. The largest absolute Gasteiger partial charge is 0.457 e. The van der Waals surface area contributed by atoms with Gasteiger partial charge in [0.2, 0.25) is 5.91 Å². The van der Waals surface area contributed by atoms with Crippen LogP contribution < -0.4 is 15.8 Å². The van der Waals surface area contributed by atoms with Crippen LogP contribution in [-0.2, 0) is 10.4 Å². The van der Waals surface area contributed by atoms with Gasteiger partial charge in [-0.3, -0.25) is 9.69 Å². The van der Waals surface area contributed by atoms with Gasteiger partial charge in [0.1, 0.15) is 30.0 Å². The molecule has 5 rings (SSSR count). The first-order valence-corrected chi connectivity index (χ1v) is 13.0. The molecule has 2 aromatic carbocycles. The number of nitrogens with zero attached hydrogens (tertiary/aromatic N) is 6. The van der Waals surface area contributed by atoms with E-state index in [0.29, 0.717) is 34.2 Å². The number of fused-ring (bicyclic) bond motifs is 2. The van der Waals surface area contributed by atoms with Gasteiger partial charge in [-0.2, -0.15) is 5.10 Å². The fourth-order valence-corrected chi connectivity index (χ4v) is 4.65. The molecule has 0 fully saturated rings. The van der Waals surface area contributed by atoms with Crippen LogP contribution in [0.2, 0.25) is 0 Å². The van der Waals surface area contributed by atoms with Gasteiger partial charge in [-0.15, -0.1) is 0 Å². The number of pyridine rings is 1. The number of likely N-dealkylation sites (N-methyl/N-ethyl adjacent to an activating group) is 1. The summed E-state index contributed by atoms with van der Waals surface area (Å²) in [5.41, 5.74) is 8.64. The first-order chi connectivity index (χ1) is 19.5. The van der Waals surface area contributed by atoms with Crippen LogP contribution in [0.25, 0.3) is 16.6 Å². The topological polar surface area (TPSA) is 144 Å². The number of carbonyl (C=O) groups excluding carboxylic acids is 1. The molecule has 3 heterocycles. The standard InChI is InChI=1S/C30H32N8O3/c1-18-12-24(22(30(2,3)40)15-26(18)41-20-10-11-38-28(14-20)33-17-35-38)36-29-21-13-19(6-7-23(21)32-16-34-29)25(37(4)5)8-9-27(31)39/h6-17,25,40H,1-5H3,(H2,31,39)(H,32,34,36). The van der Waals surface area contributed by atoms with E-state index in [-0.39, 0.29) is 6.04 Å². The molecule has 0 saturated carbocycles. The first kappa shape index (κ1) is 27.7. The molecule has 1 amide bonds. The van der Waals surface area contributed by atoms with Crippen LogP contribution in [0.1, 0.15) is 36.6 Å². The van der Waals surface area contributed by atoms with Crippen molar-refractivity contribution >= 4 is 34.0 Å². The Hall–Kier alpha value is -4.87. The summed E-state index contributed by atoms with van der Waals surface area (Å²) in [6, 6.07) is 13.0. The molecule has 1 atom stereocenters. The number of anilines is 2. The summed E-state index contributed by atoms with van der Waals surface area (Å²) in [6.45, 7) is 5.38. The molecule has 0 radical (unpaired) electrons. The number of nitrogens with one attached hydrogen (secondary N) is 1. The third kappa shape index (κ3) is 6.01. The van der Waals surface area contributed by atoms with Gasteiger partial charge in [0.15, 0.2) is 5.65 Å². The molecular formula is C30H32N8O3. The van der Waals surface area contributed by atoms with Gasteiger partial charge in [0.05, 0.1) is 17.2 Å². The smallest absolute Gasteiger partial charge is 0.241 e. The van der Waals surface area contributed by atoms with Crippen LogP contribution in [0.4, 0.5) is 11.5 Å². The number of carbonyl (C=O) groups is 1. The van der Waals surface area contributed by atoms with Crippen molar-refractivity contribution in [3.8, 4) is 11.5 Å². The molecule has 11 nitrogen and oxygen atoms in total. The SMILES string of the molecule is Cc1cc(Nc2ncnc3ccc(C(C=CC(N)=O)N(C)C)cc23)c(C(C)(C)O)cc1Oc1ccn2ncnc2c1. The number of amides is 1. The molecule has 3 aromatic heterocycles. The number of rotatable bonds is 9. The van der Waals surface area contributed by atoms with Crippen LogP contribution in [0, 0.1) is 6.92 Å². The molecule has 0 aliphatic rings. The first-order valence-electron chi connectivity index (χ1n) is 13.0. The normalized spacial score (nSPS) is 12.9. The number of nitrogens with two attached hydrogens (primary N) is 1. The molecular weight excluding hydrogens is 520 g/mol. The Morgan fingerprint density at radius 2 is 1.93 bits per heavy atom. The van der Waals surface area contributed by atoms with Crippen LogP contribution in [-0.4, -0.2) is 54.6 Å². The van der Waals surface area contributed by atoms with E-state index in [1.807, 2.05) is 56.3 Å². The van der Waals surface area contributed by atoms with Crippen LogP contribution in [0.5, 0.6) is 11.5 Å². The monoisotopic (exact) mass is 552 g/mol. The summed E-state index contributed by atoms with van der Waals surface area (Å²) >= 11 is 0. The minimum Gasteiger partial charge on any atom is -0.457 e. The molecule has 0 aliphatic heterocycles. The van der Waals surface area contributed by atoms with Gasteiger partial charge in [0, 0.05) is 35.0 Å². The maximum Gasteiger partial charge on any atom is 0.241 e. The van der Waals surface area contributed by atoms with Crippen molar-refractivity contribution in [3.63, 3.8) is 0 Å². The van der Waals surface area contributed by atoms with Gasteiger partial charge in [-0.1, -0.05) is 12.1 Å². The fourth-order valence-electron chi connectivity index (χ4n) is 4.65. The number of aliphatic hydroxyl groups is 1. The number of primary amides is 1. The molecule has 0 spiro atoms. The predicted octanol–water partition coefficient (Wildman–Crippen LogP) is 4.39.